The third-order valence-corrected chi connectivity index (χ3v) is 4.44. The molecule has 1 aliphatic heterocycles. The Kier molecular flexibility index (Phi) is 4.29. The number of nitrogens with one attached hydrogen (secondary N) is 1. The van der Waals surface area contributed by atoms with E-state index in [4.69, 9.17) is 11.6 Å². The summed E-state index contributed by atoms with van der Waals surface area (Å²) in [7, 11) is 0. The molecule has 4 heteroatoms. The molecule has 0 unspecified atom stereocenters. The van der Waals surface area contributed by atoms with Crippen molar-refractivity contribution in [1.82, 2.24) is 5.32 Å². The third-order valence-electron chi connectivity index (χ3n) is 3.66. The molecule has 0 radical (unpaired) electrons. The van der Waals surface area contributed by atoms with Gasteiger partial charge in [-0.25, -0.2) is 0 Å². The van der Waals surface area contributed by atoms with Crippen molar-refractivity contribution in [3.8, 4) is 0 Å². The van der Waals surface area contributed by atoms with Gasteiger partial charge in [0.2, 0.25) is 0 Å². The molecule has 0 aromatic heterocycles. The summed E-state index contributed by atoms with van der Waals surface area (Å²) in [6.45, 7) is 2.97. The van der Waals surface area contributed by atoms with E-state index >= 15 is 0 Å². The number of rotatable bonds is 2. The van der Waals surface area contributed by atoms with Gasteiger partial charge in [-0.1, -0.05) is 39.7 Å². The van der Waals surface area contributed by atoms with Crippen LogP contribution in [0.25, 0.3) is 0 Å². The molecular formula is C16H16BrClN2. The molecule has 3 rings (SSSR count). The lowest BCUT2D eigenvalue weighted by atomic mass is 10.0. The van der Waals surface area contributed by atoms with Crippen LogP contribution in [0.1, 0.15) is 11.6 Å². The highest BCUT2D eigenvalue weighted by Gasteiger charge is 2.23. The summed E-state index contributed by atoms with van der Waals surface area (Å²) in [6, 6.07) is 17.0. The highest BCUT2D eigenvalue weighted by Crippen LogP contribution is 2.29. The second-order valence-corrected chi connectivity index (χ2v) is 6.29. The smallest absolute Gasteiger partial charge is 0.0667 e. The van der Waals surface area contributed by atoms with E-state index in [-0.39, 0.29) is 0 Å². The lowest BCUT2D eigenvalue weighted by Crippen LogP contribution is -2.46. The molecule has 2 nitrogen and oxygen atoms in total. The fourth-order valence-electron chi connectivity index (χ4n) is 2.63. The minimum atomic E-state index is 0.359. The Morgan fingerprint density at radius 3 is 2.45 bits per heavy atom. The molecule has 1 heterocycles. The van der Waals surface area contributed by atoms with Crippen LogP contribution in [0.3, 0.4) is 0 Å². The van der Waals surface area contributed by atoms with Gasteiger partial charge in [-0.2, -0.15) is 0 Å². The molecule has 0 bridgehead atoms. The molecule has 1 N–H and O–H groups in total. The van der Waals surface area contributed by atoms with Crippen molar-refractivity contribution in [1.29, 1.82) is 0 Å². The van der Waals surface area contributed by atoms with E-state index in [9.17, 15) is 0 Å². The van der Waals surface area contributed by atoms with Crippen LogP contribution in [0.4, 0.5) is 5.69 Å². The van der Waals surface area contributed by atoms with Crippen LogP contribution >= 0.6 is 27.5 Å². The van der Waals surface area contributed by atoms with Crippen molar-refractivity contribution in [2.75, 3.05) is 24.5 Å². The maximum absolute atomic E-state index is 5.99. The van der Waals surface area contributed by atoms with Crippen molar-refractivity contribution >= 4 is 33.2 Å². The molecule has 104 valence electrons. The van der Waals surface area contributed by atoms with Gasteiger partial charge in [0.05, 0.1) is 6.04 Å². The van der Waals surface area contributed by atoms with Crippen molar-refractivity contribution in [3.05, 3.63) is 63.6 Å². The van der Waals surface area contributed by atoms with Crippen molar-refractivity contribution in [3.63, 3.8) is 0 Å². The van der Waals surface area contributed by atoms with Gasteiger partial charge >= 0.3 is 0 Å². The van der Waals surface area contributed by atoms with Gasteiger partial charge in [-0.3, -0.25) is 0 Å². The van der Waals surface area contributed by atoms with Crippen LogP contribution in [0.15, 0.2) is 53.0 Å². The van der Waals surface area contributed by atoms with Gasteiger partial charge in [0.15, 0.2) is 0 Å². The second kappa shape index (κ2) is 6.17. The summed E-state index contributed by atoms with van der Waals surface area (Å²) < 4.78 is 1.11. The molecule has 1 fully saturated rings. The standard InChI is InChI=1S/C16H16BrClN2/c17-13-3-1-12(2-4-13)16-11-19-9-10-20(16)15-7-5-14(18)6-8-15/h1-8,16,19H,9-11H2/t16-/m0/s1. The Hall–Kier alpha value is -1.03. The SMILES string of the molecule is Clc1ccc(N2CCNC[C@H]2c2ccc(Br)cc2)cc1. The zero-order chi connectivity index (χ0) is 13.9. The zero-order valence-corrected chi connectivity index (χ0v) is 13.4. The fraction of sp³-hybridized carbons (Fsp3) is 0.250. The van der Waals surface area contributed by atoms with Crippen LogP contribution in [0, 0.1) is 0 Å². The second-order valence-electron chi connectivity index (χ2n) is 4.94. The summed E-state index contributed by atoms with van der Waals surface area (Å²) >= 11 is 9.48. The monoisotopic (exact) mass is 350 g/mol. The average molecular weight is 352 g/mol. The number of piperazine rings is 1. The predicted molar refractivity (Wildman–Crippen MR) is 88.6 cm³/mol. The predicted octanol–water partition coefficient (Wildman–Crippen LogP) is 4.25. The molecule has 1 aliphatic rings. The van der Waals surface area contributed by atoms with Crippen LogP contribution in [-0.4, -0.2) is 19.6 Å². The maximum Gasteiger partial charge on any atom is 0.0667 e. The maximum atomic E-state index is 5.99. The minimum absolute atomic E-state index is 0.359. The normalized spacial score (nSPS) is 19.1. The Balaban J connectivity index is 1.90. The molecule has 20 heavy (non-hydrogen) atoms. The molecule has 1 saturated heterocycles. The number of hydrogen-bond acceptors (Lipinski definition) is 2. The van der Waals surface area contributed by atoms with E-state index in [0.717, 1.165) is 29.1 Å². The van der Waals surface area contributed by atoms with Crippen LogP contribution in [0.2, 0.25) is 5.02 Å². The van der Waals surface area contributed by atoms with Gasteiger partial charge in [-0.05, 0) is 42.0 Å². The minimum Gasteiger partial charge on any atom is -0.362 e. The summed E-state index contributed by atoms with van der Waals surface area (Å²) in [5.74, 6) is 0. The highest BCUT2D eigenvalue weighted by molar-refractivity contribution is 9.10. The zero-order valence-electron chi connectivity index (χ0n) is 11.0. The first-order valence-electron chi connectivity index (χ1n) is 6.72. The van der Waals surface area contributed by atoms with Gasteiger partial charge in [0, 0.05) is 34.8 Å². The van der Waals surface area contributed by atoms with Gasteiger partial charge in [0.1, 0.15) is 0 Å². The molecule has 1 atom stereocenters. The first kappa shape index (κ1) is 13.9. The van der Waals surface area contributed by atoms with E-state index in [0.29, 0.717) is 6.04 Å². The Labute approximate surface area is 132 Å². The van der Waals surface area contributed by atoms with Crippen molar-refractivity contribution in [2.24, 2.45) is 0 Å². The van der Waals surface area contributed by atoms with Gasteiger partial charge < -0.3 is 10.2 Å². The first-order valence-corrected chi connectivity index (χ1v) is 7.89. The lowest BCUT2D eigenvalue weighted by molar-refractivity contribution is 0.490. The molecular weight excluding hydrogens is 336 g/mol. The number of anilines is 1. The van der Waals surface area contributed by atoms with Gasteiger partial charge in [0.25, 0.3) is 0 Å². The van der Waals surface area contributed by atoms with Crippen LogP contribution < -0.4 is 10.2 Å². The Morgan fingerprint density at radius 2 is 1.75 bits per heavy atom. The molecule has 2 aromatic carbocycles. The fourth-order valence-corrected chi connectivity index (χ4v) is 3.02. The van der Waals surface area contributed by atoms with E-state index in [1.807, 2.05) is 12.1 Å². The Morgan fingerprint density at radius 1 is 1.05 bits per heavy atom. The lowest BCUT2D eigenvalue weighted by Gasteiger charge is -2.38. The Bertz CT molecular complexity index is 515. The third kappa shape index (κ3) is 3.00. The number of halogens is 2. The number of nitrogens with zero attached hydrogens (tertiary/aromatic N) is 1. The van der Waals surface area contributed by atoms with E-state index in [1.54, 1.807) is 0 Å². The van der Waals surface area contributed by atoms with Crippen LogP contribution in [0.5, 0.6) is 0 Å². The molecule has 0 spiro atoms. The quantitative estimate of drug-likeness (QED) is 0.870. The van der Waals surface area contributed by atoms with E-state index in [1.165, 1.54) is 11.3 Å². The summed E-state index contributed by atoms with van der Waals surface area (Å²) in [5, 5.41) is 4.26. The van der Waals surface area contributed by atoms with Crippen molar-refractivity contribution < 1.29 is 0 Å². The summed E-state index contributed by atoms with van der Waals surface area (Å²) in [6.07, 6.45) is 0. The molecule has 0 saturated carbocycles. The van der Waals surface area contributed by atoms with E-state index < -0.39 is 0 Å². The average Bonchev–Trinajstić information content (AvgIpc) is 2.49. The number of benzene rings is 2. The topological polar surface area (TPSA) is 15.3 Å². The largest absolute Gasteiger partial charge is 0.362 e. The molecule has 0 amide bonds. The van der Waals surface area contributed by atoms with Crippen LogP contribution in [-0.2, 0) is 0 Å². The van der Waals surface area contributed by atoms with Gasteiger partial charge in [-0.15, -0.1) is 0 Å². The molecule has 0 aliphatic carbocycles. The van der Waals surface area contributed by atoms with Crippen molar-refractivity contribution in [2.45, 2.75) is 6.04 Å². The summed E-state index contributed by atoms with van der Waals surface area (Å²) in [4.78, 5) is 2.44. The number of hydrogen-bond donors (Lipinski definition) is 1. The highest BCUT2D eigenvalue weighted by atomic mass is 79.9. The summed E-state index contributed by atoms with van der Waals surface area (Å²) in [5.41, 5.74) is 2.55. The molecule has 2 aromatic rings. The van der Waals surface area contributed by atoms with E-state index in [2.05, 4.69) is 62.5 Å². The first-order chi connectivity index (χ1) is 9.74.